The van der Waals surface area contributed by atoms with Gasteiger partial charge in [-0.3, -0.25) is 0 Å². The van der Waals surface area contributed by atoms with Crippen LogP contribution in [0.25, 0.3) is 0 Å². The van der Waals surface area contributed by atoms with Crippen LogP contribution < -0.4 is 4.74 Å². The van der Waals surface area contributed by atoms with Crippen LogP contribution in [-0.2, 0) is 0 Å². The van der Waals surface area contributed by atoms with Gasteiger partial charge in [0.1, 0.15) is 11.6 Å². The first kappa shape index (κ1) is 24.0. The number of hydrogen-bond acceptors (Lipinski definition) is 2. The van der Waals surface area contributed by atoms with E-state index in [0.717, 1.165) is 37.7 Å². The standard InChI is InChI=1S/C28H26F4O2/c1-17(19-5-3-2-4-6-19)13-18-7-9-20(10-8-18)21-11-12-23(24(29)14-21)28(33)34-22-15-25(30)27(32)26(31)16-22/h2-6,11-12,14-18,20H,7-10,13H2,1H3/t17-,18?,20?/m1/s1. The lowest BCUT2D eigenvalue weighted by Crippen LogP contribution is -2.16. The Balaban J connectivity index is 1.35. The van der Waals surface area contributed by atoms with E-state index in [4.69, 9.17) is 4.74 Å². The number of hydrogen-bond donors (Lipinski definition) is 0. The number of carbonyl (C=O) groups excluding carboxylic acids is 1. The van der Waals surface area contributed by atoms with Crippen LogP contribution in [0.5, 0.6) is 5.75 Å². The highest BCUT2D eigenvalue weighted by molar-refractivity contribution is 5.91. The average Bonchev–Trinajstić information content (AvgIpc) is 2.83. The van der Waals surface area contributed by atoms with Gasteiger partial charge in [-0.1, -0.05) is 43.3 Å². The van der Waals surface area contributed by atoms with Crippen molar-refractivity contribution in [1.29, 1.82) is 0 Å². The van der Waals surface area contributed by atoms with Gasteiger partial charge in [-0.25, -0.2) is 22.4 Å². The highest BCUT2D eigenvalue weighted by atomic mass is 19.2. The SMILES string of the molecule is C[C@H](CC1CCC(c2ccc(C(=O)Oc3cc(F)c(F)c(F)c3)c(F)c2)CC1)c1ccccc1. The number of rotatable bonds is 6. The molecule has 34 heavy (non-hydrogen) atoms. The highest BCUT2D eigenvalue weighted by Crippen LogP contribution is 2.40. The van der Waals surface area contributed by atoms with Crippen LogP contribution >= 0.6 is 0 Å². The van der Waals surface area contributed by atoms with Crippen LogP contribution in [0, 0.1) is 29.2 Å². The van der Waals surface area contributed by atoms with Gasteiger partial charge in [0.15, 0.2) is 17.5 Å². The fraction of sp³-hybridized carbons (Fsp3) is 0.321. The molecule has 4 rings (SSSR count). The maximum atomic E-state index is 14.7. The predicted molar refractivity (Wildman–Crippen MR) is 122 cm³/mol. The highest BCUT2D eigenvalue weighted by Gasteiger charge is 2.25. The van der Waals surface area contributed by atoms with Gasteiger partial charge >= 0.3 is 5.97 Å². The average molecular weight is 471 g/mol. The van der Waals surface area contributed by atoms with Crippen LogP contribution in [0.15, 0.2) is 60.7 Å². The molecule has 0 aliphatic heterocycles. The van der Waals surface area contributed by atoms with Crippen molar-refractivity contribution in [2.45, 2.75) is 50.9 Å². The molecule has 3 aromatic carbocycles. The molecule has 0 heterocycles. The molecule has 2 nitrogen and oxygen atoms in total. The van der Waals surface area contributed by atoms with Crippen molar-refractivity contribution in [2.75, 3.05) is 0 Å². The van der Waals surface area contributed by atoms with E-state index in [1.807, 2.05) is 6.07 Å². The Bertz CT molecular complexity index is 1130. The fourth-order valence-electron chi connectivity index (χ4n) is 4.85. The van der Waals surface area contributed by atoms with E-state index in [9.17, 15) is 22.4 Å². The molecule has 0 N–H and O–H groups in total. The zero-order chi connectivity index (χ0) is 24.2. The topological polar surface area (TPSA) is 26.3 Å². The summed E-state index contributed by atoms with van der Waals surface area (Å²) in [5.74, 6) is -5.72. The third-order valence-electron chi connectivity index (χ3n) is 6.75. The summed E-state index contributed by atoms with van der Waals surface area (Å²) in [4.78, 5) is 12.3. The van der Waals surface area contributed by atoms with Crippen molar-refractivity contribution < 1.29 is 27.1 Å². The van der Waals surface area contributed by atoms with Crippen molar-refractivity contribution in [3.63, 3.8) is 0 Å². The first-order valence-corrected chi connectivity index (χ1v) is 11.5. The zero-order valence-electron chi connectivity index (χ0n) is 18.9. The largest absolute Gasteiger partial charge is 0.423 e. The van der Waals surface area contributed by atoms with Gasteiger partial charge in [-0.2, -0.15) is 0 Å². The van der Waals surface area contributed by atoms with Gasteiger partial charge in [-0.05, 0) is 73.1 Å². The molecule has 6 heteroatoms. The third-order valence-corrected chi connectivity index (χ3v) is 6.75. The van der Waals surface area contributed by atoms with E-state index in [1.54, 1.807) is 6.07 Å². The molecule has 1 aliphatic rings. The second-order valence-electron chi connectivity index (χ2n) is 9.09. The molecule has 0 saturated heterocycles. The first-order valence-electron chi connectivity index (χ1n) is 11.5. The van der Waals surface area contributed by atoms with E-state index in [1.165, 1.54) is 17.7 Å². The Hall–Kier alpha value is -3.15. The summed E-state index contributed by atoms with van der Waals surface area (Å²) in [6.45, 7) is 2.25. The van der Waals surface area contributed by atoms with Crippen molar-refractivity contribution in [3.05, 3.63) is 101 Å². The van der Waals surface area contributed by atoms with Crippen LogP contribution in [0.2, 0.25) is 0 Å². The van der Waals surface area contributed by atoms with Crippen molar-refractivity contribution in [3.8, 4) is 5.75 Å². The van der Waals surface area contributed by atoms with Gasteiger partial charge in [0, 0.05) is 12.1 Å². The van der Waals surface area contributed by atoms with Crippen molar-refractivity contribution >= 4 is 5.97 Å². The molecule has 0 spiro atoms. The first-order chi connectivity index (χ1) is 16.3. The third kappa shape index (κ3) is 5.49. The van der Waals surface area contributed by atoms with E-state index < -0.39 is 35.0 Å². The second kappa shape index (κ2) is 10.4. The summed E-state index contributed by atoms with van der Waals surface area (Å²) in [5, 5.41) is 0. The molecule has 0 amide bonds. The number of halogens is 4. The Morgan fingerprint density at radius 1 is 0.882 bits per heavy atom. The van der Waals surface area contributed by atoms with Crippen LogP contribution in [0.3, 0.4) is 0 Å². The molecule has 1 fully saturated rings. The van der Waals surface area contributed by atoms with E-state index in [-0.39, 0.29) is 11.5 Å². The predicted octanol–water partition coefficient (Wildman–Crippen LogP) is 7.93. The lowest BCUT2D eigenvalue weighted by molar-refractivity contribution is 0.0728. The zero-order valence-corrected chi connectivity index (χ0v) is 18.9. The monoisotopic (exact) mass is 470 g/mol. The summed E-state index contributed by atoms with van der Waals surface area (Å²) < 4.78 is 59.3. The van der Waals surface area contributed by atoms with Crippen LogP contribution in [0.4, 0.5) is 17.6 Å². The number of carbonyl (C=O) groups is 1. The van der Waals surface area contributed by atoms with Crippen molar-refractivity contribution in [2.24, 2.45) is 5.92 Å². The van der Waals surface area contributed by atoms with E-state index in [2.05, 4.69) is 31.2 Å². The number of esters is 1. The van der Waals surface area contributed by atoms with Gasteiger partial charge < -0.3 is 4.74 Å². The molecule has 1 atom stereocenters. The minimum absolute atomic E-state index is 0.211. The minimum atomic E-state index is -1.67. The Morgan fingerprint density at radius 3 is 2.15 bits per heavy atom. The maximum absolute atomic E-state index is 14.7. The molecule has 0 bridgehead atoms. The minimum Gasteiger partial charge on any atom is -0.423 e. The maximum Gasteiger partial charge on any atom is 0.346 e. The number of benzene rings is 3. The summed E-state index contributed by atoms with van der Waals surface area (Å²) in [7, 11) is 0. The lowest BCUT2D eigenvalue weighted by atomic mass is 9.75. The molecular weight excluding hydrogens is 444 g/mol. The smallest absolute Gasteiger partial charge is 0.346 e. The summed E-state index contributed by atoms with van der Waals surface area (Å²) in [6.07, 6.45) is 5.15. The Morgan fingerprint density at radius 2 is 1.53 bits per heavy atom. The van der Waals surface area contributed by atoms with Gasteiger partial charge in [0.2, 0.25) is 0 Å². The quantitative estimate of drug-likeness (QED) is 0.158. The molecular formula is C28H26F4O2. The molecule has 0 unspecified atom stereocenters. The molecule has 1 aliphatic carbocycles. The van der Waals surface area contributed by atoms with E-state index in [0.29, 0.717) is 24.0 Å². The molecule has 1 saturated carbocycles. The summed E-state index contributed by atoms with van der Waals surface area (Å²) in [6, 6.07) is 15.9. The van der Waals surface area contributed by atoms with Crippen LogP contribution in [-0.4, -0.2) is 5.97 Å². The van der Waals surface area contributed by atoms with Gasteiger partial charge in [-0.15, -0.1) is 0 Å². The molecule has 0 radical (unpaired) electrons. The van der Waals surface area contributed by atoms with Crippen molar-refractivity contribution in [1.82, 2.24) is 0 Å². The van der Waals surface area contributed by atoms with Gasteiger partial charge in [0.25, 0.3) is 0 Å². The fourth-order valence-corrected chi connectivity index (χ4v) is 4.85. The van der Waals surface area contributed by atoms with Crippen LogP contribution in [0.1, 0.15) is 72.3 Å². The van der Waals surface area contributed by atoms with E-state index >= 15 is 0 Å². The summed E-state index contributed by atoms with van der Waals surface area (Å²) in [5.41, 5.74) is 1.82. The normalized spacial score (nSPS) is 19.0. The Labute approximate surface area is 196 Å². The van der Waals surface area contributed by atoms with Gasteiger partial charge in [0.05, 0.1) is 5.56 Å². The lowest BCUT2D eigenvalue weighted by Gasteiger charge is -2.30. The molecule has 178 valence electrons. The molecule has 3 aromatic rings. The second-order valence-corrected chi connectivity index (χ2v) is 9.09. The Kier molecular flexibility index (Phi) is 7.35. The molecule has 0 aromatic heterocycles. The number of ether oxygens (including phenoxy) is 1. The summed E-state index contributed by atoms with van der Waals surface area (Å²) >= 11 is 0.